The van der Waals surface area contributed by atoms with Crippen LogP contribution in [0.1, 0.15) is 36.6 Å². The number of Topliss-reactive ketones (excluding diaryl/α,β-unsaturated/α-hetero) is 1. The van der Waals surface area contributed by atoms with Crippen molar-refractivity contribution in [2.75, 3.05) is 13.2 Å². The highest BCUT2D eigenvalue weighted by Gasteiger charge is 2.45. The number of carbonyl (C=O) groups excluding carboxylic acids is 2. The van der Waals surface area contributed by atoms with Gasteiger partial charge in [0.05, 0.1) is 24.3 Å². The predicted molar refractivity (Wildman–Crippen MR) is 108 cm³/mol. The molecule has 1 unspecified atom stereocenters. The normalized spacial score (nSPS) is 18.7. The van der Waals surface area contributed by atoms with Gasteiger partial charge in [-0.1, -0.05) is 30.3 Å². The highest BCUT2D eigenvalue weighted by molar-refractivity contribution is 6.46. The number of ether oxygens (including phenoxy) is 1. The minimum absolute atomic E-state index is 0.00300. The first-order valence-corrected chi connectivity index (χ1v) is 9.52. The molecule has 0 bridgehead atoms. The number of aliphatic hydroxyl groups excluding tert-OH is 1. The lowest BCUT2D eigenvalue weighted by Crippen LogP contribution is -2.33. The zero-order valence-corrected chi connectivity index (χ0v) is 16.7. The number of amides is 1. The van der Waals surface area contributed by atoms with Gasteiger partial charge in [0.25, 0.3) is 11.7 Å². The molecule has 1 aliphatic rings. The van der Waals surface area contributed by atoms with Gasteiger partial charge in [-0.05, 0) is 50.1 Å². The Morgan fingerprint density at radius 3 is 2.48 bits per heavy atom. The van der Waals surface area contributed by atoms with Gasteiger partial charge < -0.3 is 14.7 Å². The summed E-state index contributed by atoms with van der Waals surface area (Å²) in [5.41, 5.74) is 1.33. The first-order chi connectivity index (χ1) is 13.8. The van der Waals surface area contributed by atoms with Crippen LogP contribution in [0.5, 0.6) is 0 Å². The van der Waals surface area contributed by atoms with Gasteiger partial charge >= 0.3 is 0 Å². The number of aryl methyl sites for hydroxylation is 1. The van der Waals surface area contributed by atoms with E-state index in [1.54, 1.807) is 19.1 Å². The number of likely N-dealkylation sites (tertiary alicyclic amines) is 1. The molecule has 2 aromatic carbocycles. The predicted octanol–water partition coefficient (Wildman–Crippen LogP) is 3.98. The van der Waals surface area contributed by atoms with Crippen LogP contribution in [-0.4, -0.2) is 41.0 Å². The van der Waals surface area contributed by atoms with E-state index < -0.39 is 23.5 Å². The van der Waals surface area contributed by atoms with Crippen molar-refractivity contribution in [3.63, 3.8) is 0 Å². The minimum atomic E-state index is -0.761. The Kier molecular flexibility index (Phi) is 6.13. The molecule has 0 radical (unpaired) electrons. The summed E-state index contributed by atoms with van der Waals surface area (Å²) in [7, 11) is 0. The molecule has 1 heterocycles. The van der Waals surface area contributed by atoms with Crippen LogP contribution in [0.25, 0.3) is 5.76 Å². The Morgan fingerprint density at radius 2 is 1.86 bits per heavy atom. The molecule has 1 aliphatic heterocycles. The number of ketones is 1. The van der Waals surface area contributed by atoms with Crippen LogP contribution in [0, 0.1) is 12.7 Å². The lowest BCUT2D eigenvalue weighted by atomic mass is 9.95. The summed E-state index contributed by atoms with van der Waals surface area (Å²) >= 11 is 0. The third-order valence-corrected chi connectivity index (χ3v) is 4.87. The average molecular weight is 397 g/mol. The minimum Gasteiger partial charge on any atom is -0.507 e. The number of carbonyl (C=O) groups is 2. The van der Waals surface area contributed by atoms with E-state index in [4.69, 9.17) is 4.74 Å². The fourth-order valence-electron chi connectivity index (χ4n) is 3.43. The van der Waals surface area contributed by atoms with Gasteiger partial charge in [-0.3, -0.25) is 9.59 Å². The lowest BCUT2D eigenvalue weighted by molar-refractivity contribution is -0.140. The van der Waals surface area contributed by atoms with Gasteiger partial charge in [0.2, 0.25) is 0 Å². The molecule has 5 nitrogen and oxygen atoms in total. The first kappa shape index (κ1) is 20.7. The second kappa shape index (κ2) is 8.57. The smallest absolute Gasteiger partial charge is 0.295 e. The molecule has 0 aromatic heterocycles. The van der Waals surface area contributed by atoms with Crippen LogP contribution in [-0.2, 0) is 14.3 Å². The van der Waals surface area contributed by atoms with E-state index in [1.165, 1.54) is 23.1 Å². The summed E-state index contributed by atoms with van der Waals surface area (Å²) in [5, 5.41) is 10.9. The molecular formula is C23H24FNO4. The Hall–Kier alpha value is -2.99. The fraction of sp³-hybridized carbons (Fsp3) is 0.304. The largest absolute Gasteiger partial charge is 0.507 e. The van der Waals surface area contributed by atoms with Crippen LogP contribution in [0.2, 0.25) is 0 Å². The van der Waals surface area contributed by atoms with Gasteiger partial charge in [0.15, 0.2) is 0 Å². The molecule has 29 heavy (non-hydrogen) atoms. The van der Waals surface area contributed by atoms with Crippen molar-refractivity contribution in [2.24, 2.45) is 0 Å². The summed E-state index contributed by atoms with van der Waals surface area (Å²) in [6.45, 7) is 5.83. The van der Waals surface area contributed by atoms with Gasteiger partial charge in [0.1, 0.15) is 11.6 Å². The molecule has 1 fully saturated rings. The number of nitrogens with zero attached hydrogens (tertiary/aromatic N) is 1. The Bertz CT molecular complexity index is 953. The van der Waals surface area contributed by atoms with Gasteiger partial charge in [0, 0.05) is 12.1 Å². The van der Waals surface area contributed by atoms with Gasteiger partial charge in [-0.2, -0.15) is 0 Å². The fourth-order valence-corrected chi connectivity index (χ4v) is 3.43. The summed E-state index contributed by atoms with van der Waals surface area (Å²) in [4.78, 5) is 27.0. The van der Waals surface area contributed by atoms with E-state index in [2.05, 4.69) is 0 Å². The van der Waals surface area contributed by atoms with Crippen molar-refractivity contribution in [1.29, 1.82) is 0 Å². The number of hydrogen-bond acceptors (Lipinski definition) is 4. The molecule has 1 amide bonds. The highest BCUT2D eigenvalue weighted by Crippen LogP contribution is 2.39. The maximum atomic E-state index is 13.6. The van der Waals surface area contributed by atoms with E-state index in [1.807, 2.05) is 32.0 Å². The number of aliphatic hydroxyl groups is 1. The average Bonchev–Trinajstić information content (AvgIpc) is 2.95. The number of benzene rings is 2. The quantitative estimate of drug-likeness (QED) is 0.455. The van der Waals surface area contributed by atoms with Crippen molar-refractivity contribution in [2.45, 2.75) is 32.9 Å². The third kappa shape index (κ3) is 4.22. The van der Waals surface area contributed by atoms with Crippen molar-refractivity contribution >= 4 is 17.4 Å². The van der Waals surface area contributed by atoms with Crippen LogP contribution in [0.15, 0.2) is 54.1 Å². The number of halogens is 1. The summed E-state index contributed by atoms with van der Waals surface area (Å²) in [5.74, 6) is -2.17. The van der Waals surface area contributed by atoms with Gasteiger partial charge in [-0.25, -0.2) is 4.39 Å². The molecule has 3 rings (SSSR count). The van der Waals surface area contributed by atoms with E-state index >= 15 is 0 Å². The Labute approximate surface area is 169 Å². The van der Waals surface area contributed by atoms with Crippen molar-refractivity contribution in [3.05, 3.63) is 76.6 Å². The second-order valence-corrected chi connectivity index (χ2v) is 7.29. The molecule has 0 spiro atoms. The molecule has 1 N–H and O–H groups in total. The molecule has 152 valence electrons. The molecule has 2 aromatic rings. The number of hydrogen-bond donors (Lipinski definition) is 1. The van der Waals surface area contributed by atoms with Crippen molar-refractivity contribution < 1.29 is 23.8 Å². The van der Waals surface area contributed by atoms with E-state index in [9.17, 15) is 19.1 Å². The zero-order valence-electron chi connectivity index (χ0n) is 16.7. The summed E-state index contributed by atoms with van der Waals surface area (Å²) in [6.07, 6.45) is -0.0100. The lowest BCUT2D eigenvalue weighted by Gasteiger charge is -2.25. The SMILES string of the molecule is Cc1cc(/C(O)=C2/C(=O)C(=O)N(CCOC(C)C)C2c2ccccc2)ccc1F. The molecule has 1 saturated heterocycles. The topological polar surface area (TPSA) is 66.8 Å². The third-order valence-electron chi connectivity index (χ3n) is 4.87. The molecule has 0 saturated carbocycles. The van der Waals surface area contributed by atoms with Crippen molar-refractivity contribution in [3.8, 4) is 0 Å². The molecule has 6 heteroatoms. The first-order valence-electron chi connectivity index (χ1n) is 9.52. The van der Waals surface area contributed by atoms with E-state index in [0.717, 1.165) is 0 Å². The summed E-state index contributed by atoms with van der Waals surface area (Å²) < 4.78 is 19.2. The van der Waals surface area contributed by atoms with Gasteiger partial charge in [-0.15, -0.1) is 0 Å². The maximum Gasteiger partial charge on any atom is 0.295 e. The molecule has 0 aliphatic carbocycles. The van der Waals surface area contributed by atoms with Crippen LogP contribution in [0.3, 0.4) is 0 Å². The standard InChI is InChI=1S/C23H24FNO4/c1-14(2)29-12-11-25-20(16-7-5-4-6-8-16)19(22(27)23(25)28)21(26)17-9-10-18(24)15(3)13-17/h4-10,13-14,20,26H,11-12H2,1-3H3/b21-19-. The van der Waals surface area contributed by atoms with E-state index in [0.29, 0.717) is 16.7 Å². The monoisotopic (exact) mass is 397 g/mol. The maximum absolute atomic E-state index is 13.6. The van der Waals surface area contributed by atoms with Crippen LogP contribution >= 0.6 is 0 Å². The second-order valence-electron chi connectivity index (χ2n) is 7.29. The Morgan fingerprint density at radius 1 is 1.17 bits per heavy atom. The van der Waals surface area contributed by atoms with Crippen molar-refractivity contribution in [1.82, 2.24) is 4.90 Å². The summed E-state index contributed by atoms with van der Waals surface area (Å²) in [6, 6.07) is 12.4. The molecule has 1 atom stereocenters. The van der Waals surface area contributed by atoms with E-state index in [-0.39, 0.29) is 30.6 Å². The number of rotatable bonds is 6. The van der Waals surface area contributed by atoms with Crippen LogP contribution in [0.4, 0.5) is 4.39 Å². The molecular weight excluding hydrogens is 373 g/mol. The Balaban J connectivity index is 2.09. The van der Waals surface area contributed by atoms with Crippen LogP contribution < -0.4 is 0 Å². The highest BCUT2D eigenvalue weighted by atomic mass is 19.1. The zero-order chi connectivity index (χ0) is 21.1.